The molecule has 0 saturated carbocycles. The summed E-state index contributed by atoms with van der Waals surface area (Å²) in [6.07, 6.45) is 4.82. The van der Waals surface area contributed by atoms with Crippen molar-refractivity contribution in [2.24, 2.45) is 15.8 Å². The second kappa shape index (κ2) is 10.9. The first-order valence-corrected chi connectivity index (χ1v) is 12.5. The summed E-state index contributed by atoms with van der Waals surface area (Å²) in [5.74, 6) is 1.56. The topological polar surface area (TPSA) is 108 Å². The maximum Gasteiger partial charge on any atom is 0.246 e. The van der Waals surface area contributed by atoms with Crippen LogP contribution in [0, 0.1) is 0 Å². The molecule has 35 heavy (non-hydrogen) atoms. The zero-order valence-corrected chi connectivity index (χ0v) is 21.3. The number of piperidine rings is 1. The number of nitrogens with two attached hydrogens (primary N) is 1. The summed E-state index contributed by atoms with van der Waals surface area (Å²) in [6, 6.07) is 5.49. The number of hydrazone groups is 1. The highest BCUT2D eigenvalue weighted by molar-refractivity contribution is 7.09. The number of aliphatic imine (C=N–C) groups is 1. The van der Waals surface area contributed by atoms with Gasteiger partial charge in [0.05, 0.1) is 16.6 Å². The number of rotatable bonds is 7. The Morgan fingerprint density at radius 3 is 2.97 bits per heavy atom. The van der Waals surface area contributed by atoms with Crippen molar-refractivity contribution >= 4 is 40.4 Å². The molecule has 2 aliphatic heterocycles. The van der Waals surface area contributed by atoms with Crippen LogP contribution in [0.15, 0.2) is 63.9 Å². The molecule has 184 valence electrons. The Balaban J connectivity index is 1.65. The monoisotopic (exact) mass is 513 g/mol. The Kier molecular flexibility index (Phi) is 7.72. The van der Waals surface area contributed by atoms with Gasteiger partial charge < -0.3 is 20.7 Å². The minimum atomic E-state index is -0.0845. The fraction of sp³-hybridized carbons (Fsp3) is 0.333. The number of ether oxygens (including phenoxy) is 1. The van der Waals surface area contributed by atoms with E-state index in [1.54, 1.807) is 25.2 Å². The fourth-order valence-corrected chi connectivity index (χ4v) is 4.94. The maximum absolute atomic E-state index is 12.2. The minimum Gasteiger partial charge on any atom is -0.485 e. The number of aromatic nitrogens is 1. The van der Waals surface area contributed by atoms with E-state index in [0.717, 1.165) is 23.4 Å². The number of thiazole rings is 1. The Bertz CT molecular complexity index is 1190. The second-order valence-electron chi connectivity index (χ2n) is 8.02. The fourth-order valence-electron chi connectivity index (χ4n) is 4.18. The molecule has 3 heterocycles. The minimum absolute atomic E-state index is 0.0418. The molecule has 3 N–H and O–H groups in total. The van der Waals surface area contributed by atoms with E-state index in [2.05, 4.69) is 21.9 Å². The molecule has 1 atom stereocenters. The van der Waals surface area contributed by atoms with Crippen molar-refractivity contribution in [2.45, 2.75) is 25.5 Å². The molecule has 1 aromatic heterocycles. The lowest BCUT2D eigenvalue weighted by Crippen LogP contribution is -2.48. The number of hydrogen-bond donors (Lipinski definition) is 2. The van der Waals surface area contributed by atoms with Gasteiger partial charge in [0.25, 0.3) is 0 Å². The molecule has 9 nitrogen and oxygen atoms in total. The third-order valence-electron chi connectivity index (χ3n) is 5.90. The molecule has 4 rings (SSSR count). The lowest BCUT2D eigenvalue weighted by atomic mass is 10.0. The van der Waals surface area contributed by atoms with Crippen LogP contribution in [0.25, 0.3) is 0 Å². The highest BCUT2D eigenvalue weighted by atomic mass is 35.5. The zero-order valence-electron chi connectivity index (χ0n) is 19.7. The first-order chi connectivity index (χ1) is 17.0. The Morgan fingerprint density at radius 2 is 2.31 bits per heavy atom. The van der Waals surface area contributed by atoms with Crippen molar-refractivity contribution in [1.82, 2.24) is 20.2 Å². The van der Waals surface area contributed by atoms with E-state index in [9.17, 15) is 4.79 Å². The summed E-state index contributed by atoms with van der Waals surface area (Å²) in [5, 5.41) is 13.1. The molecule has 0 bridgehead atoms. The molecule has 1 saturated heterocycles. The van der Waals surface area contributed by atoms with E-state index < -0.39 is 0 Å². The van der Waals surface area contributed by atoms with Crippen LogP contribution in [0.2, 0.25) is 5.02 Å². The molecule has 2 aliphatic rings. The first-order valence-electron chi connectivity index (χ1n) is 11.2. The average Bonchev–Trinajstić information content (AvgIpc) is 3.55. The SMILES string of the molecule is C=CC(=O)N1CCCC(N2N=C(c3ccc(OCc4nccs4)c(Cl)c3)C(=C(\N)NC)/C2=N\C)C1. The van der Waals surface area contributed by atoms with Crippen molar-refractivity contribution in [3.8, 4) is 5.75 Å². The number of benzene rings is 1. The van der Waals surface area contributed by atoms with E-state index in [1.165, 1.54) is 17.4 Å². The molecule has 1 fully saturated rings. The van der Waals surface area contributed by atoms with Crippen molar-refractivity contribution in [2.75, 3.05) is 27.2 Å². The smallest absolute Gasteiger partial charge is 0.246 e. The van der Waals surface area contributed by atoms with E-state index in [4.69, 9.17) is 27.2 Å². The number of likely N-dealkylation sites (tertiary alicyclic amines) is 1. The van der Waals surface area contributed by atoms with E-state index in [-0.39, 0.29) is 11.9 Å². The van der Waals surface area contributed by atoms with E-state index >= 15 is 0 Å². The number of carbonyl (C=O) groups excluding carboxylic acids is 1. The highest BCUT2D eigenvalue weighted by Crippen LogP contribution is 2.32. The molecule has 2 aromatic rings. The van der Waals surface area contributed by atoms with Crippen LogP contribution < -0.4 is 15.8 Å². The summed E-state index contributed by atoms with van der Waals surface area (Å²) in [6.45, 7) is 5.18. The van der Waals surface area contributed by atoms with Gasteiger partial charge in [-0.15, -0.1) is 11.3 Å². The second-order valence-corrected chi connectivity index (χ2v) is 9.41. The largest absolute Gasteiger partial charge is 0.485 e. The van der Waals surface area contributed by atoms with Crippen LogP contribution in [0.4, 0.5) is 0 Å². The van der Waals surface area contributed by atoms with Gasteiger partial charge in [0.2, 0.25) is 5.91 Å². The third-order valence-corrected chi connectivity index (χ3v) is 6.95. The van der Waals surface area contributed by atoms with Crippen molar-refractivity contribution in [1.29, 1.82) is 0 Å². The van der Waals surface area contributed by atoms with E-state index in [0.29, 0.717) is 53.4 Å². The summed E-state index contributed by atoms with van der Waals surface area (Å²) in [4.78, 5) is 22.8. The number of hydrogen-bond acceptors (Lipinski definition) is 8. The number of carbonyl (C=O) groups is 1. The predicted octanol–water partition coefficient (Wildman–Crippen LogP) is 2.99. The van der Waals surface area contributed by atoms with Crippen LogP contribution in [0.5, 0.6) is 5.75 Å². The van der Waals surface area contributed by atoms with Crippen LogP contribution >= 0.6 is 22.9 Å². The number of amides is 1. The third kappa shape index (κ3) is 5.18. The molecule has 1 amide bonds. The molecule has 11 heteroatoms. The Labute approximate surface area is 213 Å². The van der Waals surface area contributed by atoms with Crippen LogP contribution in [0.3, 0.4) is 0 Å². The summed E-state index contributed by atoms with van der Waals surface area (Å²) in [7, 11) is 3.46. The maximum atomic E-state index is 12.2. The average molecular weight is 514 g/mol. The number of amidine groups is 1. The van der Waals surface area contributed by atoms with Gasteiger partial charge in [-0.05, 0) is 37.1 Å². The zero-order chi connectivity index (χ0) is 24.9. The van der Waals surface area contributed by atoms with Gasteiger partial charge in [0, 0.05) is 44.3 Å². The molecule has 1 unspecified atom stereocenters. The van der Waals surface area contributed by atoms with Crippen LogP contribution in [-0.2, 0) is 11.4 Å². The molecular formula is C24H28ClN7O2S. The highest BCUT2D eigenvalue weighted by Gasteiger charge is 2.37. The Morgan fingerprint density at radius 1 is 1.49 bits per heavy atom. The summed E-state index contributed by atoms with van der Waals surface area (Å²) in [5.41, 5.74) is 8.49. The van der Waals surface area contributed by atoms with Gasteiger partial charge in [0.15, 0.2) is 5.84 Å². The molecular weight excluding hydrogens is 486 g/mol. The van der Waals surface area contributed by atoms with Gasteiger partial charge in [-0.25, -0.2) is 9.99 Å². The summed E-state index contributed by atoms with van der Waals surface area (Å²) >= 11 is 8.10. The van der Waals surface area contributed by atoms with Gasteiger partial charge in [-0.1, -0.05) is 18.2 Å². The lowest BCUT2D eigenvalue weighted by Gasteiger charge is -2.36. The van der Waals surface area contributed by atoms with Gasteiger partial charge in [-0.3, -0.25) is 9.79 Å². The number of nitrogens with zero attached hydrogens (tertiary/aromatic N) is 5. The van der Waals surface area contributed by atoms with Gasteiger partial charge in [-0.2, -0.15) is 5.10 Å². The number of nitrogens with one attached hydrogen (secondary N) is 1. The number of halogens is 1. The van der Waals surface area contributed by atoms with Gasteiger partial charge >= 0.3 is 0 Å². The molecule has 0 radical (unpaired) electrons. The molecule has 1 aromatic carbocycles. The van der Waals surface area contributed by atoms with Crippen molar-refractivity contribution < 1.29 is 9.53 Å². The van der Waals surface area contributed by atoms with Crippen LogP contribution in [0.1, 0.15) is 23.4 Å². The van der Waals surface area contributed by atoms with Crippen LogP contribution in [-0.4, -0.2) is 65.6 Å². The molecule has 0 aliphatic carbocycles. The standard InChI is InChI=1S/C24H28ClN7O2S/c1-4-20(33)31-10-5-6-16(13-31)32-24(28-3)21(23(26)27-2)22(30-32)15-7-8-18(17(25)12-15)34-14-19-29-9-11-35-19/h4,7-9,11-12,16,27H,1,5-6,10,13-14,26H2,2-3H3/b23-21-,28-24+. The first kappa shape index (κ1) is 24.7. The lowest BCUT2D eigenvalue weighted by molar-refractivity contribution is -0.127. The van der Waals surface area contributed by atoms with Crippen molar-refractivity contribution in [3.05, 3.63) is 69.4 Å². The van der Waals surface area contributed by atoms with Crippen molar-refractivity contribution in [3.63, 3.8) is 0 Å². The Hall–Kier alpha value is -3.37. The van der Waals surface area contributed by atoms with Gasteiger partial charge in [0.1, 0.15) is 28.9 Å². The molecule has 0 spiro atoms. The normalized spacial score (nSPS) is 20.6. The predicted molar refractivity (Wildman–Crippen MR) is 140 cm³/mol. The summed E-state index contributed by atoms with van der Waals surface area (Å²) < 4.78 is 5.85. The van der Waals surface area contributed by atoms with E-state index in [1.807, 2.05) is 28.6 Å². The quantitative estimate of drug-likeness (QED) is 0.551.